The van der Waals surface area contributed by atoms with E-state index < -0.39 is 12.2 Å². The molecule has 68 valence electrons. The second kappa shape index (κ2) is 3.10. The number of imide groups is 1. The van der Waals surface area contributed by atoms with Gasteiger partial charge in [-0.2, -0.15) is 0 Å². The van der Waals surface area contributed by atoms with Gasteiger partial charge >= 0.3 is 6.03 Å². The van der Waals surface area contributed by atoms with Gasteiger partial charge in [-0.1, -0.05) is 0 Å². The van der Waals surface area contributed by atoms with Crippen LogP contribution in [0.5, 0.6) is 0 Å². The monoisotopic (exact) mass is 171 g/mol. The van der Waals surface area contributed by atoms with E-state index in [-0.39, 0.29) is 11.9 Å². The SMILES string of the molecule is CC(C)N(C)C1NC(=O)NC1=O. The summed E-state index contributed by atoms with van der Waals surface area (Å²) in [5.74, 6) is -0.281. The Bertz CT molecular complexity index is 215. The molecule has 0 spiro atoms. The van der Waals surface area contributed by atoms with E-state index in [4.69, 9.17) is 0 Å². The average molecular weight is 171 g/mol. The zero-order chi connectivity index (χ0) is 9.30. The molecule has 1 fully saturated rings. The van der Waals surface area contributed by atoms with Crippen molar-refractivity contribution in [1.82, 2.24) is 15.5 Å². The van der Waals surface area contributed by atoms with Crippen LogP contribution < -0.4 is 10.6 Å². The highest BCUT2D eigenvalue weighted by Crippen LogP contribution is 2.03. The number of hydrogen-bond donors (Lipinski definition) is 2. The van der Waals surface area contributed by atoms with E-state index in [0.29, 0.717) is 0 Å². The number of urea groups is 1. The highest BCUT2D eigenvalue weighted by molar-refractivity contribution is 6.03. The number of likely N-dealkylation sites (N-methyl/N-ethyl adjacent to an activating group) is 1. The van der Waals surface area contributed by atoms with Gasteiger partial charge in [0.1, 0.15) is 0 Å². The summed E-state index contributed by atoms with van der Waals surface area (Å²) in [6.07, 6.45) is -0.516. The maximum Gasteiger partial charge on any atom is 0.323 e. The summed E-state index contributed by atoms with van der Waals surface area (Å²) in [5.41, 5.74) is 0. The highest BCUT2D eigenvalue weighted by Gasteiger charge is 2.33. The molecule has 1 rings (SSSR count). The van der Waals surface area contributed by atoms with E-state index in [1.807, 2.05) is 13.8 Å². The number of rotatable bonds is 2. The van der Waals surface area contributed by atoms with Crippen molar-refractivity contribution < 1.29 is 9.59 Å². The first-order chi connectivity index (χ1) is 5.52. The van der Waals surface area contributed by atoms with Crippen molar-refractivity contribution in [1.29, 1.82) is 0 Å². The molecule has 1 aliphatic heterocycles. The molecule has 1 atom stereocenters. The van der Waals surface area contributed by atoms with Crippen LogP contribution in [0, 0.1) is 0 Å². The Morgan fingerprint density at radius 3 is 2.33 bits per heavy atom. The predicted octanol–water partition coefficient (Wildman–Crippen LogP) is -0.508. The van der Waals surface area contributed by atoms with Crippen molar-refractivity contribution in [2.75, 3.05) is 7.05 Å². The van der Waals surface area contributed by atoms with Gasteiger partial charge in [-0.15, -0.1) is 0 Å². The maximum atomic E-state index is 11.1. The van der Waals surface area contributed by atoms with Crippen LogP contribution in [0.25, 0.3) is 0 Å². The van der Waals surface area contributed by atoms with Crippen molar-refractivity contribution in [2.24, 2.45) is 0 Å². The maximum absolute atomic E-state index is 11.1. The molecule has 1 aliphatic rings. The molecule has 0 bridgehead atoms. The smallest absolute Gasteiger partial charge is 0.314 e. The van der Waals surface area contributed by atoms with Gasteiger partial charge in [0.2, 0.25) is 0 Å². The molecular weight excluding hydrogens is 158 g/mol. The Balaban J connectivity index is 2.64. The van der Waals surface area contributed by atoms with Crippen LogP contribution in [0.3, 0.4) is 0 Å². The first-order valence-corrected chi connectivity index (χ1v) is 3.85. The Morgan fingerprint density at radius 2 is 2.00 bits per heavy atom. The number of nitrogens with zero attached hydrogens (tertiary/aromatic N) is 1. The van der Waals surface area contributed by atoms with Crippen LogP contribution in [0.4, 0.5) is 4.79 Å². The summed E-state index contributed by atoms with van der Waals surface area (Å²) in [6.45, 7) is 3.91. The molecule has 0 aromatic heterocycles. The first kappa shape index (κ1) is 8.99. The van der Waals surface area contributed by atoms with Crippen LogP contribution >= 0.6 is 0 Å². The van der Waals surface area contributed by atoms with Crippen molar-refractivity contribution in [3.63, 3.8) is 0 Å². The van der Waals surface area contributed by atoms with E-state index in [0.717, 1.165) is 0 Å². The third-order valence-electron chi connectivity index (χ3n) is 1.97. The Hall–Kier alpha value is -1.10. The summed E-state index contributed by atoms with van der Waals surface area (Å²) in [4.78, 5) is 23.6. The third-order valence-corrected chi connectivity index (χ3v) is 1.97. The van der Waals surface area contributed by atoms with Crippen molar-refractivity contribution in [2.45, 2.75) is 26.1 Å². The zero-order valence-corrected chi connectivity index (χ0v) is 7.42. The van der Waals surface area contributed by atoms with Crippen molar-refractivity contribution in [3.05, 3.63) is 0 Å². The lowest BCUT2D eigenvalue weighted by atomic mass is 10.3. The molecule has 0 aromatic carbocycles. The molecule has 0 aromatic rings. The minimum atomic E-state index is -0.516. The zero-order valence-electron chi connectivity index (χ0n) is 7.42. The van der Waals surface area contributed by atoms with Crippen LogP contribution in [-0.4, -0.2) is 36.1 Å². The molecule has 5 nitrogen and oxygen atoms in total. The molecule has 3 amide bonds. The number of hydrogen-bond acceptors (Lipinski definition) is 3. The molecule has 1 saturated heterocycles. The van der Waals surface area contributed by atoms with Gasteiger partial charge in [0.15, 0.2) is 6.17 Å². The number of carbonyl (C=O) groups excluding carboxylic acids is 2. The molecule has 2 N–H and O–H groups in total. The third kappa shape index (κ3) is 1.55. The minimum absolute atomic E-state index is 0.221. The summed E-state index contributed by atoms with van der Waals surface area (Å²) in [6, 6.07) is -0.198. The van der Waals surface area contributed by atoms with Crippen LogP contribution in [0.15, 0.2) is 0 Å². The fourth-order valence-corrected chi connectivity index (χ4v) is 0.991. The lowest BCUT2D eigenvalue weighted by Gasteiger charge is -2.25. The quantitative estimate of drug-likeness (QED) is 0.550. The van der Waals surface area contributed by atoms with Crippen molar-refractivity contribution in [3.8, 4) is 0 Å². The van der Waals surface area contributed by atoms with Gasteiger partial charge < -0.3 is 5.32 Å². The minimum Gasteiger partial charge on any atom is -0.314 e. The Kier molecular flexibility index (Phi) is 2.32. The molecule has 12 heavy (non-hydrogen) atoms. The molecule has 1 heterocycles. The van der Waals surface area contributed by atoms with Gasteiger partial charge in [0.25, 0.3) is 5.91 Å². The standard InChI is InChI=1S/C7H13N3O2/c1-4(2)10(3)5-6(11)9-7(12)8-5/h4-5H,1-3H3,(H2,8,9,11,12). The summed E-state index contributed by atoms with van der Waals surface area (Å²) in [7, 11) is 1.79. The summed E-state index contributed by atoms with van der Waals surface area (Å²) in [5, 5.41) is 4.68. The van der Waals surface area contributed by atoms with Gasteiger partial charge in [-0.25, -0.2) is 4.79 Å². The number of amides is 3. The molecule has 1 unspecified atom stereocenters. The van der Waals surface area contributed by atoms with E-state index in [1.54, 1.807) is 11.9 Å². The molecule has 0 aliphatic carbocycles. The van der Waals surface area contributed by atoms with Gasteiger partial charge in [0, 0.05) is 6.04 Å². The molecule has 0 radical (unpaired) electrons. The topological polar surface area (TPSA) is 61.4 Å². The largest absolute Gasteiger partial charge is 0.323 e. The predicted molar refractivity (Wildman–Crippen MR) is 43.4 cm³/mol. The molecule has 5 heteroatoms. The normalized spacial score (nSPS) is 23.2. The van der Waals surface area contributed by atoms with E-state index in [2.05, 4.69) is 10.6 Å². The molecule has 0 saturated carbocycles. The summed E-state index contributed by atoms with van der Waals surface area (Å²) < 4.78 is 0. The second-order valence-electron chi connectivity index (χ2n) is 3.12. The number of carbonyl (C=O) groups is 2. The Labute approximate surface area is 71.1 Å². The number of nitrogens with one attached hydrogen (secondary N) is 2. The van der Waals surface area contributed by atoms with Crippen LogP contribution in [-0.2, 0) is 4.79 Å². The van der Waals surface area contributed by atoms with E-state index in [1.165, 1.54) is 0 Å². The average Bonchev–Trinajstić information content (AvgIpc) is 2.28. The first-order valence-electron chi connectivity index (χ1n) is 3.85. The Morgan fingerprint density at radius 1 is 1.42 bits per heavy atom. The van der Waals surface area contributed by atoms with Gasteiger partial charge in [-0.3, -0.25) is 15.0 Å². The molecular formula is C7H13N3O2. The fourth-order valence-electron chi connectivity index (χ4n) is 0.991. The van der Waals surface area contributed by atoms with E-state index >= 15 is 0 Å². The summed E-state index contributed by atoms with van der Waals surface area (Å²) >= 11 is 0. The van der Waals surface area contributed by atoms with Crippen LogP contribution in [0.2, 0.25) is 0 Å². The highest BCUT2D eigenvalue weighted by atomic mass is 16.2. The van der Waals surface area contributed by atoms with Crippen LogP contribution in [0.1, 0.15) is 13.8 Å². The lowest BCUT2D eigenvalue weighted by molar-refractivity contribution is -0.124. The second-order valence-corrected chi connectivity index (χ2v) is 3.12. The fraction of sp³-hybridized carbons (Fsp3) is 0.714. The lowest BCUT2D eigenvalue weighted by Crippen LogP contribution is -2.47. The van der Waals surface area contributed by atoms with Gasteiger partial charge in [0.05, 0.1) is 0 Å². The van der Waals surface area contributed by atoms with Crippen molar-refractivity contribution >= 4 is 11.9 Å². The van der Waals surface area contributed by atoms with Gasteiger partial charge in [-0.05, 0) is 20.9 Å². The van der Waals surface area contributed by atoms with E-state index in [9.17, 15) is 9.59 Å².